The Morgan fingerprint density at radius 3 is 2.65 bits per heavy atom. The minimum atomic E-state index is -0.631. The van der Waals surface area contributed by atoms with Gasteiger partial charge >= 0.3 is 0 Å². The molecule has 1 fully saturated rings. The summed E-state index contributed by atoms with van der Waals surface area (Å²) >= 11 is 5.92. The molecular formula is C18H17ClN2O2. The van der Waals surface area contributed by atoms with Gasteiger partial charge in [0, 0.05) is 23.7 Å². The zero-order valence-corrected chi connectivity index (χ0v) is 13.5. The molecule has 118 valence electrons. The van der Waals surface area contributed by atoms with Gasteiger partial charge in [0.2, 0.25) is 5.91 Å². The van der Waals surface area contributed by atoms with Gasteiger partial charge in [-0.25, -0.2) is 0 Å². The van der Waals surface area contributed by atoms with Crippen LogP contribution in [0.1, 0.15) is 27.5 Å². The maximum atomic E-state index is 12.9. The largest absolute Gasteiger partial charge is 0.352 e. The van der Waals surface area contributed by atoms with Gasteiger partial charge in [0.15, 0.2) is 0 Å². The molecule has 1 saturated heterocycles. The second-order valence-corrected chi connectivity index (χ2v) is 6.05. The highest BCUT2D eigenvalue weighted by molar-refractivity contribution is 6.30. The minimum absolute atomic E-state index is 0.136. The van der Waals surface area contributed by atoms with Crippen molar-refractivity contribution in [2.24, 2.45) is 0 Å². The molecule has 0 spiro atoms. The molecule has 2 aromatic carbocycles. The van der Waals surface area contributed by atoms with E-state index >= 15 is 0 Å². The topological polar surface area (TPSA) is 49.4 Å². The molecule has 0 bridgehead atoms. The quantitative estimate of drug-likeness (QED) is 0.921. The molecule has 1 aliphatic rings. The van der Waals surface area contributed by atoms with E-state index in [1.54, 1.807) is 35.2 Å². The summed E-state index contributed by atoms with van der Waals surface area (Å²) in [4.78, 5) is 26.8. The van der Waals surface area contributed by atoms with E-state index in [1.165, 1.54) is 0 Å². The Morgan fingerprint density at radius 1 is 1.22 bits per heavy atom. The van der Waals surface area contributed by atoms with E-state index in [-0.39, 0.29) is 11.8 Å². The Morgan fingerprint density at radius 2 is 1.96 bits per heavy atom. The highest BCUT2D eigenvalue weighted by atomic mass is 35.5. The van der Waals surface area contributed by atoms with Crippen LogP contribution in [0.25, 0.3) is 0 Å². The SMILES string of the molecule is Cc1cccc(C(=O)N2CCNC(=O)C2c2ccc(Cl)cc2)c1. The van der Waals surface area contributed by atoms with Gasteiger partial charge in [-0.3, -0.25) is 9.59 Å². The van der Waals surface area contributed by atoms with Crippen LogP contribution < -0.4 is 5.32 Å². The average Bonchev–Trinajstić information content (AvgIpc) is 2.55. The number of carbonyl (C=O) groups is 2. The summed E-state index contributed by atoms with van der Waals surface area (Å²) in [6.07, 6.45) is 0. The molecule has 2 aromatic rings. The molecule has 1 atom stereocenters. The Bertz CT molecular complexity index is 743. The van der Waals surface area contributed by atoms with Crippen molar-refractivity contribution in [3.63, 3.8) is 0 Å². The third-order valence-electron chi connectivity index (χ3n) is 3.92. The van der Waals surface area contributed by atoms with Gasteiger partial charge in [-0.1, -0.05) is 41.4 Å². The molecule has 0 aliphatic carbocycles. The van der Waals surface area contributed by atoms with Crippen molar-refractivity contribution in [2.75, 3.05) is 13.1 Å². The molecule has 5 heteroatoms. The van der Waals surface area contributed by atoms with Crippen LogP contribution in [0, 0.1) is 6.92 Å². The smallest absolute Gasteiger partial charge is 0.254 e. The van der Waals surface area contributed by atoms with Crippen LogP contribution in [0.5, 0.6) is 0 Å². The van der Waals surface area contributed by atoms with Gasteiger partial charge < -0.3 is 10.2 Å². The number of rotatable bonds is 2. The first kappa shape index (κ1) is 15.6. The van der Waals surface area contributed by atoms with Crippen molar-refractivity contribution in [1.29, 1.82) is 0 Å². The summed E-state index contributed by atoms with van der Waals surface area (Å²) in [5.74, 6) is -0.303. The van der Waals surface area contributed by atoms with E-state index in [0.717, 1.165) is 11.1 Å². The van der Waals surface area contributed by atoms with Crippen molar-refractivity contribution in [3.05, 3.63) is 70.2 Å². The lowest BCUT2D eigenvalue weighted by atomic mass is 10.0. The monoisotopic (exact) mass is 328 g/mol. The van der Waals surface area contributed by atoms with E-state index in [0.29, 0.717) is 23.7 Å². The van der Waals surface area contributed by atoms with E-state index in [9.17, 15) is 9.59 Å². The van der Waals surface area contributed by atoms with E-state index < -0.39 is 6.04 Å². The van der Waals surface area contributed by atoms with E-state index in [2.05, 4.69) is 5.32 Å². The number of carbonyl (C=O) groups excluding carboxylic acids is 2. The molecule has 0 saturated carbocycles. The maximum absolute atomic E-state index is 12.9. The molecule has 4 nitrogen and oxygen atoms in total. The Labute approximate surface area is 140 Å². The number of benzene rings is 2. The number of halogens is 1. The van der Waals surface area contributed by atoms with Crippen molar-refractivity contribution in [3.8, 4) is 0 Å². The lowest BCUT2D eigenvalue weighted by Gasteiger charge is -2.35. The Balaban J connectivity index is 1.96. The number of amides is 2. The molecule has 1 aliphatic heterocycles. The van der Waals surface area contributed by atoms with Crippen LogP contribution in [0.2, 0.25) is 5.02 Å². The fourth-order valence-electron chi connectivity index (χ4n) is 2.81. The molecular weight excluding hydrogens is 312 g/mol. The predicted molar refractivity (Wildman–Crippen MR) is 89.4 cm³/mol. The lowest BCUT2D eigenvalue weighted by molar-refractivity contribution is -0.128. The normalized spacial score (nSPS) is 17.7. The highest BCUT2D eigenvalue weighted by Gasteiger charge is 2.34. The summed E-state index contributed by atoms with van der Waals surface area (Å²) in [6.45, 7) is 2.88. The Kier molecular flexibility index (Phi) is 4.35. The summed E-state index contributed by atoms with van der Waals surface area (Å²) in [6, 6.07) is 13.8. The maximum Gasteiger partial charge on any atom is 0.254 e. The molecule has 0 aromatic heterocycles. The highest BCUT2D eigenvalue weighted by Crippen LogP contribution is 2.26. The first-order chi connectivity index (χ1) is 11.1. The molecule has 1 N–H and O–H groups in total. The van der Waals surface area contributed by atoms with Gasteiger partial charge in [-0.15, -0.1) is 0 Å². The molecule has 2 amide bonds. The number of nitrogens with zero attached hydrogens (tertiary/aromatic N) is 1. The summed E-state index contributed by atoms with van der Waals surface area (Å²) < 4.78 is 0. The number of hydrogen-bond acceptors (Lipinski definition) is 2. The Hall–Kier alpha value is -2.33. The van der Waals surface area contributed by atoms with E-state index in [1.807, 2.05) is 25.1 Å². The first-order valence-electron chi connectivity index (χ1n) is 7.47. The molecule has 23 heavy (non-hydrogen) atoms. The molecule has 0 radical (unpaired) electrons. The van der Waals surface area contributed by atoms with Crippen LogP contribution in [0.4, 0.5) is 0 Å². The fourth-order valence-corrected chi connectivity index (χ4v) is 2.93. The zero-order chi connectivity index (χ0) is 16.4. The van der Waals surface area contributed by atoms with Gasteiger partial charge in [-0.05, 0) is 36.8 Å². The molecule has 3 rings (SSSR count). The standard InChI is InChI=1S/C18H17ClN2O2/c1-12-3-2-4-14(11-12)18(23)21-10-9-20-17(22)16(21)13-5-7-15(19)8-6-13/h2-8,11,16H,9-10H2,1H3,(H,20,22). The van der Waals surface area contributed by atoms with E-state index in [4.69, 9.17) is 11.6 Å². The molecule has 1 unspecified atom stereocenters. The number of nitrogens with one attached hydrogen (secondary N) is 1. The van der Waals surface area contributed by atoms with Crippen molar-refractivity contribution in [2.45, 2.75) is 13.0 Å². The number of piperazine rings is 1. The van der Waals surface area contributed by atoms with Gasteiger partial charge in [0.1, 0.15) is 6.04 Å². The fraction of sp³-hybridized carbons (Fsp3) is 0.222. The van der Waals surface area contributed by atoms with Crippen molar-refractivity contribution in [1.82, 2.24) is 10.2 Å². The van der Waals surface area contributed by atoms with Crippen LogP contribution in [-0.2, 0) is 4.79 Å². The van der Waals surface area contributed by atoms with Crippen molar-refractivity contribution < 1.29 is 9.59 Å². The van der Waals surface area contributed by atoms with Crippen LogP contribution in [0.15, 0.2) is 48.5 Å². The third kappa shape index (κ3) is 3.22. The third-order valence-corrected chi connectivity index (χ3v) is 4.18. The number of hydrogen-bond donors (Lipinski definition) is 1. The summed E-state index contributed by atoms with van der Waals surface area (Å²) in [5.41, 5.74) is 2.37. The number of aryl methyl sites for hydroxylation is 1. The first-order valence-corrected chi connectivity index (χ1v) is 7.85. The zero-order valence-electron chi connectivity index (χ0n) is 12.8. The lowest BCUT2D eigenvalue weighted by Crippen LogP contribution is -2.52. The second-order valence-electron chi connectivity index (χ2n) is 5.61. The minimum Gasteiger partial charge on any atom is -0.352 e. The van der Waals surface area contributed by atoms with Crippen LogP contribution >= 0.6 is 11.6 Å². The van der Waals surface area contributed by atoms with Crippen LogP contribution in [0.3, 0.4) is 0 Å². The van der Waals surface area contributed by atoms with Gasteiger partial charge in [-0.2, -0.15) is 0 Å². The van der Waals surface area contributed by atoms with Crippen molar-refractivity contribution >= 4 is 23.4 Å². The summed E-state index contributed by atoms with van der Waals surface area (Å²) in [7, 11) is 0. The predicted octanol–water partition coefficient (Wildman–Crippen LogP) is 2.96. The molecule has 1 heterocycles. The van der Waals surface area contributed by atoms with Gasteiger partial charge in [0.05, 0.1) is 0 Å². The summed E-state index contributed by atoms with van der Waals surface area (Å²) in [5, 5.41) is 3.43. The second kappa shape index (κ2) is 6.42. The average molecular weight is 329 g/mol. The van der Waals surface area contributed by atoms with Gasteiger partial charge in [0.25, 0.3) is 5.91 Å². The van der Waals surface area contributed by atoms with Crippen LogP contribution in [-0.4, -0.2) is 29.8 Å².